The second-order valence-corrected chi connectivity index (χ2v) is 6.63. The van der Waals surface area contributed by atoms with Crippen LogP contribution in [0.5, 0.6) is 0 Å². The van der Waals surface area contributed by atoms with Gasteiger partial charge in [0.05, 0.1) is 5.60 Å². The highest BCUT2D eigenvalue weighted by Gasteiger charge is 2.85. The smallest absolute Gasteiger partial charge is 0.0750 e. The van der Waals surface area contributed by atoms with E-state index in [9.17, 15) is 5.11 Å². The topological polar surface area (TPSA) is 20.2 Å². The fraction of sp³-hybridized carbons (Fsp3) is 0.600. The molecule has 1 N–H and O–H groups in total. The van der Waals surface area contributed by atoms with E-state index in [1.54, 1.807) is 0 Å². The molecular formula is C15H18O. The van der Waals surface area contributed by atoms with Crippen LogP contribution in [0.4, 0.5) is 0 Å². The van der Waals surface area contributed by atoms with Crippen molar-refractivity contribution in [1.82, 2.24) is 0 Å². The van der Waals surface area contributed by atoms with E-state index in [4.69, 9.17) is 0 Å². The van der Waals surface area contributed by atoms with Crippen LogP contribution in [0.1, 0.15) is 50.2 Å². The van der Waals surface area contributed by atoms with Gasteiger partial charge in [-0.15, -0.1) is 0 Å². The van der Waals surface area contributed by atoms with Gasteiger partial charge in [-0.3, -0.25) is 0 Å². The standard InChI is InChI=1S/C15H18O/c1-13(2)14(3,16)12-10-7-5-4-6-9(10)11-8-15(11,12)13/h4-7,11-12,16H,8H2,1-3H3. The summed E-state index contributed by atoms with van der Waals surface area (Å²) in [6.07, 6.45) is 1.29. The molecule has 0 radical (unpaired) electrons. The van der Waals surface area contributed by atoms with Crippen LogP contribution in [0.2, 0.25) is 0 Å². The fourth-order valence-electron chi connectivity index (χ4n) is 4.96. The molecular weight excluding hydrogens is 196 g/mol. The Hall–Kier alpha value is -0.820. The second-order valence-electron chi connectivity index (χ2n) is 6.63. The zero-order valence-corrected chi connectivity index (χ0v) is 10.1. The molecule has 1 aromatic carbocycles. The van der Waals surface area contributed by atoms with Gasteiger partial charge in [0.25, 0.3) is 0 Å². The normalized spacial score (nSPS) is 50.0. The molecule has 4 rings (SSSR count). The van der Waals surface area contributed by atoms with E-state index in [1.807, 2.05) is 6.92 Å². The van der Waals surface area contributed by atoms with Crippen molar-refractivity contribution >= 4 is 0 Å². The molecule has 16 heavy (non-hydrogen) atoms. The average molecular weight is 214 g/mol. The van der Waals surface area contributed by atoms with Crippen molar-refractivity contribution in [2.24, 2.45) is 10.8 Å². The summed E-state index contributed by atoms with van der Waals surface area (Å²) in [6.45, 7) is 6.52. The van der Waals surface area contributed by atoms with Gasteiger partial charge >= 0.3 is 0 Å². The SMILES string of the molecule is CC1(O)C2c3ccccc3C3CC32C1(C)C. The van der Waals surface area contributed by atoms with Crippen molar-refractivity contribution < 1.29 is 5.11 Å². The first-order valence-corrected chi connectivity index (χ1v) is 6.26. The molecule has 0 amide bonds. The van der Waals surface area contributed by atoms with E-state index in [1.165, 1.54) is 17.5 Å². The molecule has 2 fully saturated rings. The first-order valence-electron chi connectivity index (χ1n) is 6.26. The first kappa shape index (κ1) is 9.23. The van der Waals surface area contributed by atoms with Gasteiger partial charge in [0.15, 0.2) is 0 Å². The molecule has 1 aromatic rings. The molecule has 0 heterocycles. The van der Waals surface area contributed by atoms with Gasteiger partial charge in [-0.2, -0.15) is 0 Å². The van der Waals surface area contributed by atoms with Gasteiger partial charge in [-0.05, 0) is 35.8 Å². The van der Waals surface area contributed by atoms with E-state index >= 15 is 0 Å². The van der Waals surface area contributed by atoms with Crippen molar-refractivity contribution in [3.8, 4) is 0 Å². The highest BCUT2D eigenvalue weighted by molar-refractivity contribution is 5.57. The minimum atomic E-state index is -0.533. The third-order valence-corrected chi connectivity index (χ3v) is 6.19. The molecule has 3 aliphatic rings. The number of rotatable bonds is 0. The predicted molar refractivity (Wildman–Crippen MR) is 63.4 cm³/mol. The molecule has 2 saturated carbocycles. The number of benzene rings is 1. The number of fused-ring (bicyclic) bond motifs is 3. The van der Waals surface area contributed by atoms with Crippen molar-refractivity contribution in [2.45, 2.75) is 44.6 Å². The Bertz CT molecular complexity index is 500. The van der Waals surface area contributed by atoms with Crippen LogP contribution in [0.15, 0.2) is 24.3 Å². The highest BCUT2D eigenvalue weighted by Crippen LogP contribution is 2.90. The van der Waals surface area contributed by atoms with Crippen LogP contribution in [-0.4, -0.2) is 10.7 Å². The molecule has 0 saturated heterocycles. The van der Waals surface area contributed by atoms with Crippen molar-refractivity contribution in [3.05, 3.63) is 35.4 Å². The largest absolute Gasteiger partial charge is 0.389 e. The third-order valence-electron chi connectivity index (χ3n) is 6.19. The Labute approximate surface area is 96.5 Å². The van der Waals surface area contributed by atoms with E-state index in [0.29, 0.717) is 11.3 Å². The summed E-state index contributed by atoms with van der Waals surface area (Å²) in [7, 11) is 0. The highest BCUT2D eigenvalue weighted by atomic mass is 16.3. The van der Waals surface area contributed by atoms with Gasteiger partial charge in [0.2, 0.25) is 0 Å². The van der Waals surface area contributed by atoms with Crippen molar-refractivity contribution in [2.75, 3.05) is 0 Å². The third kappa shape index (κ3) is 0.598. The number of aliphatic hydroxyl groups is 1. The van der Waals surface area contributed by atoms with Crippen LogP contribution in [0.3, 0.4) is 0 Å². The Morgan fingerprint density at radius 3 is 2.44 bits per heavy atom. The van der Waals surface area contributed by atoms with E-state index < -0.39 is 5.60 Å². The molecule has 0 aromatic heterocycles. The maximum absolute atomic E-state index is 10.7. The second kappa shape index (κ2) is 2.11. The summed E-state index contributed by atoms with van der Waals surface area (Å²) in [6, 6.07) is 8.73. The summed E-state index contributed by atoms with van der Waals surface area (Å²) >= 11 is 0. The van der Waals surface area contributed by atoms with Gasteiger partial charge in [-0.25, -0.2) is 0 Å². The molecule has 1 heteroatoms. The maximum Gasteiger partial charge on any atom is 0.0750 e. The molecule has 4 unspecified atom stereocenters. The molecule has 3 aliphatic carbocycles. The molecule has 0 bridgehead atoms. The minimum absolute atomic E-state index is 0.0638. The summed E-state index contributed by atoms with van der Waals surface area (Å²) < 4.78 is 0. The molecule has 4 atom stereocenters. The fourth-order valence-corrected chi connectivity index (χ4v) is 4.96. The molecule has 1 spiro atoms. The lowest BCUT2D eigenvalue weighted by Gasteiger charge is -2.63. The van der Waals surface area contributed by atoms with E-state index in [-0.39, 0.29) is 5.41 Å². The minimum Gasteiger partial charge on any atom is -0.389 e. The number of hydrogen-bond acceptors (Lipinski definition) is 1. The molecule has 0 aliphatic heterocycles. The van der Waals surface area contributed by atoms with Crippen LogP contribution in [0, 0.1) is 10.8 Å². The van der Waals surface area contributed by atoms with Gasteiger partial charge < -0.3 is 5.11 Å². The Morgan fingerprint density at radius 2 is 1.75 bits per heavy atom. The monoisotopic (exact) mass is 214 g/mol. The van der Waals surface area contributed by atoms with Crippen LogP contribution in [-0.2, 0) is 0 Å². The lowest BCUT2D eigenvalue weighted by atomic mass is 9.43. The Balaban J connectivity index is 1.97. The van der Waals surface area contributed by atoms with Crippen LogP contribution in [0.25, 0.3) is 0 Å². The quantitative estimate of drug-likeness (QED) is 0.703. The summed E-state index contributed by atoms with van der Waals surface area (Å²) in [5.41, 5.74) is 2.85. The van der Waals surface area contributed by atoms with Crippen LogP contribution < -0.4 is 0 Å². The molecule has 1 nitrogen and oxygen atoms in total. The zero-order valence-electron chi connectivity index (χ0n) is 10.1. The Kier molecular flexibility index (Phi) is 1.22. The summed E-state index contributed by atoms with van der Waals surface area (Å²) in [5, 5.41) is 10.7. The zero-order chi connectivity index (χ0) is 11.3. The van der Waals surface area contributed by atoms with Gasteiger partial charge in [0, 0.05) is 11.3 Å². The van der Waals surface area contributed by atoms with Crippen molar-refractivity contribution in [3.63, 3.8) is 0 Å². The van der Waals surface area contributed by atoms with Crippen LogP contribution >= 0.6 is 0 Å². The first-order chi connectivity index (χ1) is 7.44. The van der Waals surface area contributed by atoms with Gasteiger partial charge in [0.1, 0.15) is 0 Å². The predicted octanol–water partition coefficient (Wildman–Crippen LogP) is 3.05. The lowest BCUT2D eigenvalue weighted by molar-refractivity contribution is -0.217. The number of hydrogen-bond donors (Lipinski definition) is 1. The van der Waals surface area contributed by atoms with E-state index in [0.717, 1.165) is 5.92 Å². The van der Waals surface area contributed by atoms with Crippen molar-refractivity contribution in [1.29, 1.82) is 0 Å². The van der Waals surface area contributed by atoms with E-state index in [2.05, 4.69) is 38.1 Å². The summed E-state index contributed by atoms with van der Waals surface area (Å²) in [5.74, 6) is 1.11. The molecule has 84 valence electrons. The summed E-state index contributed by atoms with van der Waals surface area (Å²) in [4.78, 5) is 0. The average Bonchev–Trinajstić information content (AvgIpc) is 2.91. The lowest BCUT2D eigenvalue weighted by Crippen LogP contribution is -2.65. The maximum atomic E-state index is 10.7. The van der Waals surface area contributed by atoms with Gasteiger partial charge in [-0.1, -0.05) is 38.1 Å². The Morgan fingerprint density at radius 1 is 1.12 bits per heavy atom.